The Balaban J connectivity index is 1.92. The Morgan fingerprint density at radius 3 is 2.75 bits per heavy atom. The highest BCUT2D eigenvalue weighted by molar-refractivity contribution is 8.00. The molecule has 1 saturated heterocycles. The van der Waals surface area contributed by atoms with Gasteiger partial charge in [0.05, 0.1) is 11.2 Å². The number of carboxylic acid groups (broad SMARTS) is 1. The summed E-state index contributed by atoms with van der Waals surface area (Å²) in [6.45, 7) is 0.504. The molecule has 1 N–H and O–H groups in total. The van der Waals surface area contributed by atoms with Gasteiger partial charge in [-0.2, -0.15) is 0 Å². The molecular formula is C15H17NO3S. The molecule has 2 aliphatic rings. The summed E-state index contributed by atoms with van der Waals surface area (Å²) in [6.07, 6.45) is 2.52. The topological polar surface area (TPSA) is 57.6 Å². The zero-order chi connectivity index (χ0) is 14.1. The van der Waals surface area contributed by atoms with Crippen LogP contribution in [0.5, 0.6) is 0 Å². The van der Waals surface area contributed by atoms with Crippen LogP contribution in [0.3, 0.4) is 0 Å². The quantitative estimate of drug-likeness (QED) is 0.909. The predicted molar refractivity (Wildman–Crippen MR) is 79.3 cm³/mol. The summed E-state index contributed by atoms with van der Waals surface area (Å²) in [5.41, 5.74) is 1.55. The molecule has 1 aromatic rings. The molecule has 0 aliphatic carbocycles. The normalized spacial score (nSPS) is 25.3. The van der Waals surface area contributed by atoms with Gasteiger partial charge in [-0.1, -0.05) is 18.2 Å². The summed E-state index contributed by atoms with van der Waals surface area (Å²) in [4.78, 5) is 25.7. The summed E-state index contributed by atoms with van der Waals surface area (Å²) < 4.78 is 0. The molecule has 2 heterocycles. The van der Waals surface area contributed by atoms with E-state index in [0.29, 0.717) is 13.0 Å². The number of nitrogens with zero attached hydrogens (tertiary/aromatic N) is 1. The Morgan fingerprint density at radius 2 is 2.05 bits per heavy atom. The summed E-state index contributed by atoms with van der Waals surface area (Å²) in [7, 11) is 0. The third-order valence-corrected chi connectivity index (χ3v) is 5.38. The molecule has 0 saturated carbocycles. The van der Waals surface area contributed by atoms with Gasteiger partial charge in [-0.05, 0) is 36.6 Å². The van der Waals surface area contributed by atoms with Gasteiger partial charge in [0.1, 0.15) is 0 Å². The molecule has 5 heteroatoms. The van der Waals surface area contributed by atoms with Crippen LogP contribution in [0.15, 0.2) is 24.3 Å². The number of fused-ring (bicyclic) bond motifs is 1. The van der Waals surface area contributed by atoms with Crippen LogP contribution in [0, 0.1) is 0 Å². The zero-order valence-electron chi connectivity index (χ0n) is 11.1. The summed E-state index contributed by atoms with van der Waals surface area (Å²) in [5.74, 6) is -0.112. The number of carboxylic acids is 1. The number of rotatable bonds is 2. The number of hydrogen-bond donors (Lipinski definition) is 1. The molecule has 0 aromatic heterocycles. The molecule has 2 aliphatic heterocycles. The van der Waals surface area contributed by atoms with Crippen LogP contribution in [0.1, 0.15) is 30.7 Å². The standard InChI is InChI=1S/C15H17NO3S/c17-14(13-6-3-9-20-13)16-8-7-11(15(18)19)10-4-1-2-5-12(10)16/h1-2,4-5,11,13H,3,6-9H2,(H,18,19). The van der Waals surface area contributed by atoms with Crippen LogP contribution in [0.4, 0.5) is 5.69 Å². The number of benzene rings is 1. The molecule has 1 amide bonds. The second-order valence-electron chi connectivity index (χ2n) is 5.23. The van der Waals surface area contributed by atoms with Crippen LogP contribution < -0.4 is 4.90 Å². The Bertz CT molecular complexity index is 540. The average Bonchev–Trinajstić information content (AvgIpc) is 2.99. The van der Waals surface area contributed by atoms with Crippen molar-refractivity contribution in [2.45, 2.75) is 30.4 Å². The van der Waals surface area contributed by atoms with E-state index in [4.69, 9.17) is 0 Å². The Hall–Kier alpha value is -1.49. The lowest BCUT2D eigenvalue weighted by atomic mass is 9.89. The third kappa shape index (κ3) is 2.30. The zero-order valence-corrected chi connectivity index (χ0v) is 11.9. The van der Waals surface area contributed by atoms with E-state index in [2.05, 4.69) is 0 Å². The predicted octanol–water partition coefficient (Wildman–Crippen LogP) is 2.49. The number of thioether (sulfide) groups is 1. The fourth-order valence-electron chi connectivity index (χ4n) is 2.99. The highest BCUT2D eigenvalue weighted by atomic mass is 32.2. The number of amides is 1. The first-order valence-corrected chi connectivity index (χ1v) is 7.98. The Labute approximate surface area is 122 Å². The van der Waals surface area contributed by atoms with E-state index < -0.39 is 11.9 Å². The molecule has 20 heavy (non-hydrogen) atoms. The molecule has 2 unspecified atom stereocenters. The Kier molecular flexibility index (Phi) is 3.70. The Morgan fingerprint density at radius 1 is 1.25 bits per heavy atom. The fourth-order valence-corrected chi connectivity index (χ4v) is 4.21. The highest BCUT2D eigenvalue weighted by Gasteiger charge is 2.35. The van der Waals surface area contributed by atoms with E-state index in [1.807, 2.05) is 24.3 Å². The van der Waals surface area contributed by atoms with E-state index in [0.717, 1.165) is 29.8 Å². The number of hydrogen-bond acceptors (Lipinski definition) is 3. The lowest BCUT2D eigenvalue weighted by Crippen LogP contribution is -2.42. The number of aliphatic carboxylic acids is 1. The highest BCUT2D eigenvalue weighted by Crippen LogP contribution is 2.37. The largest absolute Gasteiger partial charge is 0.481 e. The third-order valence-electron chi connectivity index (χ3n) is 4.01. The molecule has 1 aromatic carbocycles. The average molecular weight is 291 g/mol. The van der Waals surface area contributed by atoms with Gasteiger partial charge in [0.25, 0.3) is 0 Å². The SMILES string of the molecule is O=C(O)C1CCN(C(=O)C2CCCS2)c2ccccc21. The van der Waals surface area contributed by atoms with Crippen molar-refractivity contribution < 1.29 is 14.7 Å². The van der Waals surface area contributed by atoms with Gasteiger partial charge in [0.15, 0.2) is 0 Å². The molecule has 106 valence electrons. The lowest BCUT2D eigenvalue weighted by Gasteiger charge is -2.34. The fraction of sp³-hybridized carbons (Fsp3) is 0.467. The number of anilines is 1. The van der Waals surface area contributed by atoms with E-state index in [-0.39, 0.29) is 11.2 Å². The number of para-hydroxylation sites is 1. The molecule has 4 nitrogen and oxygen atoms in total. The molecule has 3 rings (SSSR count). The van der Waals surface area contributed by atoms with Crippen molar-refractivity contribution in [2.24, 2.45) is 0 Å². The van der Waals surface area contributed by atoms with Crippen molar-refractivity contribution in [2.75, 3.05) is 17.2 Å². The minimum atomic E-state index is -0.806. The van der Waals surface area contributed by atoms with Crippen LogP contribution in [-0.2, 0) is 9.59 Å². The lowest BCUT2D eigenvalue weighted by molar-refractivity contribution is -0.139. The number of carbonyl (C=O) groups is 2. The maximum absolute atomic E-state index is 12.6. The summed E-state index contributed by atoms with van der Waals surface area (Å²) in [5, 5.41) is 9.36. The van der Waals surface area contributed by atoms with E-state index in [1.54, 1.807) is 16.7 Å². The number of carbonyl (C=O) groups excluding carboxylic acids is 1. The van der Waals surface area contributed by atoms with Gasteiger partial charge in [-0.25, -0.2) is 0 Å². The van der Waals surface area contributed by atoms with E-state index >= 15 is 0 Å². The maximum Gasteiger partial charge on any atom is 0.311 e. The maximum atomic E-state index is 12.6. The van der Waals surface area contributed by atoms with E-state index in [1.165, 1.54) is 0 Å². The van der Waals surface area contributed by atoms with Crippen LogP contribution in [-0.4, -0.2) is 34.5 Å². The van der Waals surface area contributed by atoms with Crippen molar-refractivity contribution in [1.82, 2.24) is 0 Å². The van der Waals surface area contributed by atoms with Gasteiger partial charge in [0.2, 0.25) is 5.91 Å². The van der Waals surface area contributed by atoms with Crippen LogP contribution in [0.2, 0.25) is 0 Å². The van der Waals surface area contributed by atoms with Crippen molar-refractivity contribution in [3.8, 4) is 0 Å². The van der Waals surface area contributed by atoms with Gasteiger partial charge in [0, 0.05) is 12.2 Å². The molecule has 1 fully saturated rings. The summed E-state index contributed by atoms with van der Waals surface area (Å²) in [6, 6.07) is 7.40. The molecular weight excluding hydrogens is 274 g/mol. The first-order valence-electron chi connectivity index (χ1n) is 6.93. The molecule has 0 spiro atoms. The molecule has 0 radical (unpaired) electrons. The van der Waals surface area contributed by atoms with E-state index in [9.17, 15) is 14.7 Å². The first-order chi connectivity index (χ1) is 9.68. The van der Waals surface area contributed by atoms with Gasteiger partial charge in [-0.3, -0.25) is 9.59 Å². The smallest absolute Gasteiger partial charge is 0.311 e. The molecule has 2 atom stereocenters. The van der Waals surface area contributed by atoms with Crippen molar-refractivity contribution >= 4 is 29.3 Å². The van der Waals surface area contributed by atoms with Crippen molar-refractivity contribution in [3.63, 3.8) is 0 Å². The van der Waals surface area contributed by atoms with Gasteiger partial charge in [-0.15, -0.1) is 11.8 Å². The minimum absolute atomic E-state index is 0.0458. The molecule has 0 bridgehead atoms. The van der Waals surface area contributed by atoms with Crippen molar-refractivity contribution in [3.05, 3.63) is 29.8 Å². The first kappa shape index (κ1) is 13.5. The van der Waals surface area contributed by atoms with Gasteiger partial charge >= 0.3 is 5.97 Å². The second-order valence-corrected chi connectivity index (χ2v) is 6.54. The van der Waals surface area contributed by atoms with Crippen LogP contribution in [0.25, 0.3) is 0 Å². The van der Waals surface area contributed by atoms with Gasteiger partial charge < -0.3 is 10.0 Å². The second kappa shape index (κ2) is 5.48. The minimum Gasteiger partial charge on any atom is -0.481 e. The monoisotopic (exact) mass is 291 g/mol. The van der Waals surface area contributed by atoms with Crippen LogP contribution >= 0.6 is 11.8 Å². The van der Waals surface area contributed by atoms with Crippen molar-refractivity contribution in [1.29, 1.82) is 0 Å². The summed E-state index contributed by atoms with van der Waals surface area (Å²) >= 11 is 1.72.